The number of aliphatic carboxylic acids is 1. The molecule has 0 aromatic heterocycles. The molecule has 0 aliphatic heterocycles. The van der Waals surface area contributed by atoms with Crippen molar-refractivity contribution in [3.63, 3.8) is 0 Å². The fourth-order valence-electron chi connectivity index (χ4n) is 2.22. The first-order valence-electron chi connectivity index (χ1n) is 7.20. The van der Waals surface area contributed by atoms with E-state index in [4.69, 9.17) is 9.84 Å². The summed E-state index contributed by atoms with van der Waals surface area (Å²) in [6.07, 6.45) is 2.02. The molecule has 0 spiro atoms. The summed E-state index contributed by atoms with van der Waals surface area (Å²) in [4.78, 5) is 10.3. The molecule has 1 N–H and O–H groups in total. The maximum absolute atomic E-state index is 14.0. The number of hydrogen-bond acceptors (Lipinski definition) is 4. The van der Waals surface area contributed by atoms with Gasteiger partial charge in [0.1, 0.15) is 16.3 Å². The number of benzene rings is 2. The molecule has 0 radical (unpaired) electrons. The Morgan fingerprint density at radius 2 is 1.81 bits per heavy atom. The van der Waals surface area contributed by atoms with Gasteiger partial charge in [0.15, 0.2) is 11.6 Å². The highest BCUT2D eigenvalue weighted by molar-refractivity contribution is 7.93. The maximum atomic E-state index is 14.0. The van der Waals surface area contributed by atoms with E-state index in [2.05, 4.69) is 0 Å². The van der Waals surface area contributed by atoms with Crippen LogP contribution in [-0.4, -0.2) is 33.7 Å². The Bertz CT molecular complexity index is 953. The molecule has 0 aliphatic carbocycles. The van der Waals surface area contributed by atoms with Gasteiger partial charge in [0.25, 0.3) is 10.0 Å². The van der Waals surface area contributed by atoms with Crippen molar-refractivity contribution in [1.29, 1.82) is 0 Å². The zero-order chi connectivity index (χ0) is 19.5. The van der Waals surface area contributed by atoms with E-state index in [1.54, 1.807) is 0 Å². The Morgan fingerprint density at radius 3 is 2.35 bits per heavy atom. The predicted molar refractivity (Wildman–Crippen MR) is 91.6 cm³/mol. The minimum absolute atomic E-state index is 0.0546. The molecule has 0 bridgehead atoms. The monoisotopic (exact) mass is 383 g/mol. The average molecular weight is 383 g/mol. The average Bonchev–Trinajstić information content (AvgIpc) is 2.59. The van der Waals surface area contributed by atoms with Crippen LogP contribution in [-0.2, 0) is 14.8 Å². The van der Waals surface area contributed by atoms with E-state index in [0.717, 1.165) is 37.4 Å². The third-order valence-electron chi connectivity index (χ3n) is 3.50. The van der Waals surface area contributed by atoms with E-state index in [0.29, 0.717) is 4.31 Å². The number of methoxy groups -OCH3 is 1. The molecule has 0 heterocycles. The van der Waals surface area contributed by atoms with Crippen LogP contribution in [0, 0.1) is 11.6 Å². The molecule has 6 nitrogen and oxygen atoms in total. The van der Waals surface area contributed by atoms with Crippen LogP contribution in [0.15, 0.2) is 47.4 Å². The number of halogens is 2. The van der Waals surface area contributed by atoms with E-state index in [-0.39, 0.29) is 16.2 Å². The van der Waals surface area contributed by atoms with Gasteiger partial charge in [-0.2, -0.15) is 0 Å². The summed E-state index contributed by atoms with van der Waals surface area (Å²) in [7, 11) is -2.14. The van der Waals surface area contributed by atoms with Crippen LogP contribution < -0.4 is 9.04 Å². The summed E-state index contributed by atoms with van der Waals surface area (Å²) in [5.74, 6) is -3.36. The second-order valence-corrected chi connectivity index (χ2v) is 7.06. The SMILES string of the molecule is COc1ccc(/C=C\C(=O)O)cc1S(=O)(=O)N(C)c1c(F)cccc1F. The molecule has 0 fully saturated rings. The Morgan fingerprint density at radius 1 is 1.19 bits per heavy atom. The number of para-hydroxylation sites is 1. The number of nitrogens with zero attached hydrogens (tertiary/aromatic N) is 1. The van der Waals surface area contributed by atoms with E-state index >= 15 is 0 Å². The van der Waals surface area contributed by atoms with Crippen molar-refractivity contribution in [3.05, 3.63) is 59.7 Å². The lowest BCUT2D eigenvalue weighted by Crippen LogP contribution is -2.28. The molecular formula is C17H15F2NO5S. The summed E-state index contributed by atoms with van der Waals surface area (Å²) < 4.78 is 59.2. The molecule has 0 amide bonds. The molecule has 0 aliphatic rings. The Balaban J connectivity index is 2.60. The van der Waals surface area contributed by atoms with Gasteiger partial charge >= 0.3 is 5.97 Å². The third-order valence-corrected chi connectivity index (χ3v) is 5.28. The van der Waals surface area contributed by atoms with Gasteiger partial charge < -0.3 is 9.84 Å². The number of sulfonamides is 1. The molecule has 2 aromatic rings. The molecule has 138 valence electrons. The summed E-state index contributed by atoms with van der Waals surface area (Å²) in [6.45, 7) is 0. The van der Waals surface area contributed by atoms with Crippen LogP contribution in [0.2, 0.25) is 0 Å². The van der Waals surface area contributed by atoms with Crippen LogP contribution in [0.1, 0.15) is 5.56 Å². The van der Waals surface area contributed by atoms with Crippen molar-refractivity contribution >= 4 is 27.8 Å². The van der Waals surface area contributed by atoms with Crippen LogP contribution in [0.5, 0.6) is 5.75 Å². The summed E-state index contributed by atoms with van der Waals surface area (Å²) >= 11 is 0. The summed E-state index contributed by atoms with van der Waals surface area (Å²) in [5.41, 5.74) is -0.477. The number of carboxylic acids is 1. The van der Waals surface area contributed by atoms with Gasteiger partial charge in [-0.3, -0.25) is 4.31 Å². The Hall–Kier alpha value is -2.94. The number of carboxylic acid groups (broad SMARTS) is 1. The maximum Gasteiger partial charge on any atom is 0.328 e. The standard InChI is InChI=1S/C17H15F2NO5S/c1-20(17-12(18)4-3-5-13(17)19)26(23,24)15-10-11(7-9-16(21)22)6-8-14(15)25-2/h3-10H,1-2H3,(H,21,22)/b9-7-. The molecule has 9 heteroatoms. The topological polar surface area (TPSA) is 83.9 Å². The smallest absolute Gasteiger partial charge is 0.328 e. The largest absolute Gasteiger partial charge is 0.495 e. The van der Waals surface area contributed by atoms with Crippen molar-refractivity contribution in [2.24, 2.45) is 0 Å². The molecule has 2 rings (SSSR count). The van der Waals surface area contributed by atoms with E-state index in [1.807, 2.05) is 0 Å². The summed E-state index contributed by atoms with van der Waals surface area (Å²) in [6, 6.07) is 6.91. The van der Waals surface area contributed by atoms with Gasteiger partial charge in [0.2, 0.25) is 0 Å². The van der Waals surface area contributed by atoms with Gasteiger partial charge in [-0.25, -0.2) is 22.0 Å². The lowest BCUT2D eigenvalue weighted by molar-refractivity contribution is -0.131. The van der Waals surface area contributed by atoms with Crippen LogP contribution >= 0.6 is 0 Å². The van der Waals surface area contributed by atoms with Gasteiger partial charge in [0.05, 0.1) is 7.11 Å². The molecule has 0 atom stereocenters. The molecule has 0 unspecified atom stereocenters. The first-order chi connectivity index (χ1) is 12.2. The highest BCUT2D eigenvalue weighted by atomic mass is 32.2. The fourth-order valence-corrected chi connectivity index (χ4v) is 3.62. The lowest BCUT2D eigenvalue weighted by atomic mass is 10.2. The van der Waals surface area contributed by atoms with Crippen LogP contribution in [0.25, 0.3) is 6.08 Å². The van der Waals surface area contributed by atoms with Crippen molar-refractivity contribution in [1.82, 2.24) is 0 Å². The van der Waals surface area contributed by atoms with E-state index < -0.39 is 33.3 Å². The lowest BCUT2D eigenvalue weighted by Gasteiger charge is -2.22. The zero-order valence-electron chi connectivity index (χ0n) is 13.8. The first kappa shape index (κ1) is 19.4. The van der Waals surface area contributed by atoms with E-state index in [1.165, 1.54) is 25.3 Å². The van der Waals surface area contributed by atoms with E-state index in [9.17, 15) is 22.0 Å². The minimum atomic E-state index is -4.39. The van der Waals surface area contributed by atoms with Gasteiger partial charge in [0, 0.05) is 13.1 Å². The quantitative estimate of drug-likeness (QED) is 0.776. The number of rotatable bonds is 6. The Labute approximate surface area is 149 Å². The number of carbonyl (C=O) groups is 1. The summed E-state index contributed by atoms with van der Waals surface area (Å²) in [5, 5.41) is 8.68. The molecule has 26 heavy (non-hydrogen) atoms. The number of hydrogen-bond donors (Lipinski definition) is 1. The molecular weight excluding hydrogens is 368 g/mol. The van der Waals surface area contributed by atoms with Gasteiger partial charge in [-0.15, -0.1) is 0 Å². The highest BCUT2D eigenvalue weighted by Crippen LogP contribution is 2.32. The van der Waals surface area contributed by atoms with Crippen molar-refractivity contribution in [3.8, 4) is 5.75 Å². The van der Waals surface area contributed by atoms with Crippen LogP contribution in [0.4, 0.5) is 14.5 Å². The fraction of sp³-hybridized carbons (Fsp3) is 0.118. The normalized spacial score (nSPS) is 11.5. The minimum Gasteiger partial charge on any atom is -0.495 e. The second kappa shape index (κ2) is 7.52. The molecule has 0 saturated carbocycles. The van der Waals surface area contributed by atoms with Crippen LogP contribution in [0.3, 0.4) is 0 Å². The predicted octanol–water partition coefficient (Wildman–Crippen LogP) is 2.90. The Kier molecular flexibility index (Phi) is 5.61. The zero-order valence-corrected chi connectivity index (χ0v) is 14.6. The molecule has 2 aromatic carbocycles. The highest BCUT2D eigenvalue weighted by Gasteiger charge is 2.29. The van der Waals surface area contributed by atoms with Gasteiger partial charge in [-0.1, -0.05) is 12.1 Å². The van der Waals surface area contributed by atoms with Crippen molar-refractivity contribution < 1.29 is 31.8 Å². The first-order valence-corrected chi connectivity index (χ1v) is 8.64. The number of anilines is 1. The van der Waals surface area contributed by atoms with Crippen molar-refractivity contribution in [2.75, 3.05) is 18.5 Å². The van der Waals surface area contributed by atoms with Crippen molar-refractivity contribution in [2.45, 2.75) is 4.90 Å². The van der Waals surface area contributed by atoms with Gasteiger partial charge in [-0.05, 0) is 35.9 Å². The molecule has 0 saturated heterocycles. The number of ether oxygens (including phenoxy) is 1. The third kappa shape index (κ3) is 3.83. The second-order valence-electron chi connectivity index (χ2n) is 5.12.